The molecule has 0 N–H and O–H groups in total. The number of rotatable bonds is 9. The monoisotopic (exact) mass is 459 g/mol. The van der Waals surface area contributed by atoms with Gasteiger partial charge in [0, 0.05) is 31.4 Å². The minimum absolute atomic E-state index is 0.982. The van der Waals surface area contributed by atoms with Crippen LogP contribution < -0.4 is 5.19 Å². The molecular weight excluding hydrogens is 443 g/mol. The van der Waals surface area contributed by atoms with E-state index in [4.69, 9.17) is 13.3 Å². The Kier molecular flexibility index (Phi) is 7.79. The van der Waals surface area contributed by atoms with Crippen LogP contribution in [0.15, 0.2) is 57.8 Å². The zero-order valence-corrected chi connectivity index (χ0v) is 19.4. The fourth-order valence-corrected chi connectivity index (χ4v) is 12.0. The highest BCUT2D eigenvalue weighted by Crippen LogP contribution is 2.50. The number of benzene rings is 2. The van der Waals surface area contributed by atoms with Crippen LogP contribution in [-0.2, 0) is 13.3 Å². The minimum Gasteiger partial charge on any atom is -0.373 e. The van der Waals surface area contributed by atoms with Crippen molar-refractivity contribution in [2.24, 2.45) is 0 Å². The number of fused-ring (bicyclic) bond motifs is 1. The van der Waals surface area contributed by atoms with E-state index in [0.717, 1.165) is 19.9 Å². The largest absolute Gasteiger partial charge is 0.537 e. The standard InChI is InChI=1S/C16H17NO3S5Si/c1-18-26(19-2,20-3)15-11-7-6-10-14(15)22-24-25-23-16-17-12-8-4-5-9-13(12)21-16/h4-11H,1-3H3. The van der Waals surface area contributed by atoms with Gasteiger partial charge in [-0.1, -0.05) is 30.3 Å². The molecule has 0 fully saturated rings. The lowest BCUT2D eigenvalue weighted by Crippen LogP contribution is -2.55. The van der Waals surface area contributed by atoms with Crippen molar-refractivity contribution >= 4 is 76.8 Å². The first kappa shape index (κ1) is 20.6. The van der Waals surface area contributed by atoms with Crippen LogP contribution in [0.2, 0.25) is 0 Å². The molecule has 1 heterocycles. The molecule has 0 atom stereocenters. The summed E-state index contributed by atoms with van der Waals surface area (Å²) in [6.45, 7) is 0. The first-order chi connectivity index (χ1) is 12.7. The molecule has 0 saturated carbocycles. The molecule has 3 rings (SSSR count). The highest BCUT2D eigenvalue weighted by molar-refractivity contribution is 9.26. The first-order valence-electron chi connectivity index (χ1n) is 7.51. The molecule has 0 amide bonds. The maximum atomic E-state index is 5.62. The number of hydrogen-bond donors (Lipinski definition) is 0. The molecule has 1 aromatic heterocycles. The Morgan fingerprint density at radius 2 is 1.50 bits per heavy atom. The van der Waals surface area contributed by atoms with Crippen LogP contribution in [0.25, 0.3) is 10.2 Å². The average molecular weight is 460 g/mol. The van der Waals surface area contributed by atoms with Gasteiger partial charge in [0.15, 0.2) is 4.34 Å². The van der Waals surface area contributed by atoms with Gasteiger partial charge in [-0.2, -0.15) is 0 Å². The smallest absolute Gasteiger partial charge is 0.373 e. The second-order valence-electron chi connectivity index (χ2n) is 4.91. The molecule has 0 saturated heterocycles. The second-order valence-corrected chi connectivity index (χ2v) is 14.8. The molecule has 0 unspecified atom stereocenters. The van der Waals surface area contributed by atoms with Crippen molar-refractivity contribution in [1.29, 1.82) is 0 Å². The summed E-state index contributed by atoms with van der Waals surface area (Å²) in [4.78, 5) is 5.73. The first-order valence-corrected chi connectivity index (χ1v) is 14.9. The third kappa shape index (κ3) is 4.62. The zero-order valence-electron chi connectivity index (χ0n) is 14.3. The normalized spacial score (nSPS) is 12.0. The molecule has 4 nitrogen and oxygen atoms in total. The van der Waals surface area contributed by atoms with E-state index < -0.39 is 8.80 Å². The number of hydrogen-bond acceptors (Lipinski definition) is 9. The summed E-state index contributed by atoms with van der Waals surface area (Å²) in [5, 5.41) is 0.982. The molecule has 0 aliphatic carbocycles. The van der Waals surface area contributed by atoms with Crippen LogP contribution in [0.3, 0.4) is 0 Å². The molecule has 0 spiro atoms. The average Bonchev–Trinajstić information content (AvgIpc) is 3.11. The van der Waals surface area contributed by atoms with E-state index in [0.29, 0.717) is 0 Å². The van der Waals surface area contributed by atoms with Gasteiger partial charge in [0.05, 0.1) is 10.2 Å². The van der Waals surface area contributed by atoms with Gasteiger partial charge >= 0.3 is 8.80 Å². The number of thiazole rings is 1. The fraction of sp³-hybridized carbons (Fsp3) is 0.188. The summed E-state index contributed by atoms with van der Waals surface area (Å²) in [7, 11) is 8.79. The third-order valence-electron chi connectivity index (χ3n) is 3.55. The van der Waals surface area contributed by atoms with Crippen molar-refractivity contribution in [3.05, 3.63) is 48.5 Å². The van der Waals surface area contributed by atoms with Gasteiger partial charge in [-0.3, -0.25) is 0 Å². The fourth-order valence-electron chi connectivity index (χ4n) is 2.35. The van der Waals surface area contributed by atoms with Crippen LogP contribution in [0.4, 0.5) is 0 Å². The Morgan fingerprint density at radius 1 is 0.846 bits per heavy atom. The Hall–Kier alpha value is -0.173. The highest BCUT2D eigenvalue weighted by Gasteiger charge is 2.42. The molecule has 10 heteroatoms. The summed E-state index contributed by atoms with van der Waals surface area (Å²) in [5.41, 5.74) is 1.06. The summed E-state index contributed by atoms with van der Waals surface area (Å²) < 4.78 is 19.2. The van der Waals surface area contributed by atoms with Gasteiger partial charge in [-0.25, -0.2) is 4.98 Å². The highest BCUT2D eigenvalue weighted by atomic mass is 33.7. The number of nitrogens with zero attached hydrogens (tertiary/aromatic N) is 1. The number of para-hydroxylation sites is 1. The lowest BCUT2D eigenvalue weighted by atomic mass is 10.3. The zero-order chi connectivity index (χ0) is 18.4. The molecular formula is C16H17NO3S5Si. The molecule has 0 radical (unpaired) electrons. The van der Waals surface area contributed by atoms with E-state index in [1.165, 1.54) is 4.70 Å². The van der Waals surface area contributed by atoms with Crippen molar-refractivity contribution in [3.8, 4) is 0 Å². The van der Waals surface area contributed by atoms with Crippen LogP contribution in [0.1, 0.15) is 0 Å². The molecule has 0 aliphatic heterocycles. The predicted octanol–water partition coefficient (Wildman–Crippen LogP) is 5.48. The SMILES string of the molecule is CO[Si](OC)(OC)c1ccccc1SSSSc1nc2ccccc2s1. The van der Waals surface area contributed by atoms with Gasteiger partial charge in [0.25, 0.3) is 0 Å². The van der Waals surface area contributed by atoms with Crippen LogP contribution in [0, 0.1) is 0 Å². The van der Waals surface area contributed by atoms with Crippen LogP contribution >= 0.6 is 52.6 Å². The lowest BCUT2D eigenvalue weighted by molar-refractivity contribution is 0.140. The maximum absolute atomic E-state index is 5.62. The van der Waals surface area contributed by atoms with Crippen molar-refractivity contribution in [3.63, 3.8) is 0 Å². The van der Waals surface area contributed by atoms with E-state index in [1.54, 1.807) is 73.9 Å². The predicted molar refractivity (Wildman–Crippen MR) is 119 cm³/mol. The quantitative estimate of drug-likeness (QED) is 0.237. The van der Waals surface area contributed by atoms with Crippen molar-refractivity contribution in [2.45, 2.75) is 9.24 Å². The van der Waals surface area contributed by atoms with E-state index >= 15 is 0 Å². The molecule has 0 aliphatic rings. The molecule has 0 bridgehead atoms. The Morgan fingerprint density at radius 3 is 2.23 bits per heavy atom. The lowest BCUT2D eigenvalue weighted by Gasteiger charge is -2.26. The summed E-state index contributed by atoms with van der Waals surface area (Å²) in [5.74, 6) is 0. The minimum atomic E-state index is -2.84. The Balaban J connectivity index is 1.63. The van der Waals surface area contributed by atoms with E-state index in [9.17, 15) is 0 Å². The van der Waals surface area contributed by atoms with E-state index in [1.807, 2.05) is 36.4 Å². The van der Waals surface area contributed by atoms with Crippen molar-refractivity contribution in [1.82, 2.24) is 4.98 Å². The maximum Gasteiger partial charge on any atom is 0.537 e. The number of aromatic nitrogens is 1. The molecule has 3 aromatic rings. The third-order valence-corrected chi connectivity index (χ3v) is 13.9. The van der Waals surface area contributed by atoms with E-state index in [2.05, 4.69) is 17.1 Å². The summed E-state index contributed by atoms with van der Waals surface area (Å²) >= 11 is 1.72. The van der Waals surface area contributed by atoms with Crippen molar-refractivity contribution in [2.75, 3.05) is 21.3 Å². The van der Waals surface area contributed by atoms with Gasteiger partial charge in [-0.15, -0.1) is 11.3 Å². The summed E-state index contributed by atoms with van der Waals surface area (Å²) in [6.07, 6.45) is 0. The van der Waals surface area contributed by atoms with Gasteiger partial charge < -0.3 is 13.3 Å². The van der Waals surface area contributed by atoms with Crippen molar-refractivity contribution < 1.29 is 13.3 Å². The Bertz CT molecular complexity index is 817. The van der Waals surface area contributed by atoms with Crippen LogP contribution in [-0.4, -0.2) is 35.1 Å². The molecule has 2 aromatic carbocycles. The topological polar surface area (TPSA) is 40.6 Å². The van der Waals surface area contributed by atoms with E-state index in [-0.39, 0.29) is 0 Å². The second kappa shape index (κ2) is 9.85. The van der Waals surface area contributed by atoms with Crippen LogP contribution in [0.5, 0.6) is 0 Å². The van der Waals surface area contributed by atoms with Gasteiger partial charge in [-0.05, 0) is 59.4 Å². The Labute approximate surface area is 173 Å². The van der Waals surface area contributed by atoms with Gasteiger partial charge in [0.2, 0.25) is 0 Å². The molecule has 26 heavy (non-hydrogen) atoms. The molecule has 138 valence electrons. The van der Waals surface area contributed by atoms with Gasteiger partial charge in [0.1, 0.15) is 0 Å². The summed E-state index contributed by atoms with van der Waals surface area (Å²) in [6, 6.07) is 16.3.